The quantitative estimate of drug-likeness (QED) is 0.906. The summed E-state index contributed by atoms with van der Waals surface area (Å²) in [6, 6.07) is 14.6. The molecule has 2 aromatic carbocycles. The molecule has 0 aliphatic carbocycles. The Morgan fingerprint density at radius 3 is 2.35 bits per heavy atom. The van der Waals surface area contributed by atoms with E-state index < -0.39 is 0 Å². The Labute approximate surface area is 117 Å². The van der Waals surface area contributed by atoms with E-state index in [0.717, 1.165) is 11.1 Å². The Kier molecular flexibility index (Phi) is 4.59. The number of methoxy groups -OCH3 is 1. The van der Waals surface area contributed by atoms with Gasteiger partial charge in [-0.1, -0.05) is 18.2 Å². The summed E-state index contributed by atoms with van der Waals surface area (Å²) in [4.78, 5) is 0. The molecule has 0 unspecified atom stereocenters. The van der Waals surface area contributed by atoms with E-state index >= 15 is 0 Å². The van der Waals surface area contributed by atoms with Crippen molar-refractivity contribution in [2.45, 2.75) is 13.2 Å². The minimum Gasteiger partial charge on any atom is -0.493 e. The van der Waals surface area contributed by atoms with Crippen LogP contribution in [0.4, 0.5) is 0 Å². The van der Waals surface area contributed by atoms with Crippen LogP contribution in [-0.2, 0) is 13.2 Å². The number of aliphatic hydroxyl groups excluding tert-OH is 1. The van der Waals surface area contributed by atoms with Gasteiger partial charge in [-0.05, 0) is 35.4 Å². The van der Waals surface area contributed by atoms with Crippen LogP contribution in [0.15, 0.2) is 42.5 Å². The first-order valence-corrected chi connectivity index (χ1v) is 6.16. The second-order valence-electron chi connectivity index (χ2n) is 4.24. The Balaban J connectivity index is 2.11. The zero-order valence-corrected chi connectivity index (χ0v) is 11.2. The smallest absolute Gasteiger partial charge is 0.162 e. The Hall–Kier alpha value is -2.51. The fourth-order valence-electron chi connectivity index (χ4n) is 1.77. The number of hydrogen-bond acceptors (Lipinski definition) is 4. The van der Waals surface area contributed by atoms with Gasteiger partial charge in [0.15, 0.2) is 11.5 Å². The summed E-state index contributed by atoms with van der Waals surface area (Å²) in [6.07, 6.45) is 0. The van der Waals surface area contributed by atoms with Crippen molar-refractivity contribution in [3.8, 4) is 17.6 Å². The van der Waals surface area contributed by atoms with Crippen molar-refractivity contribution in [1.29, 1.82) is 5.26 Å². The standard InChI is InChI=1S/C16H15NO3/c1-19-15-7-6-14(10-18)8-16(15)20-11-13-4-2-12(9-17)3-5-13/h2-8,18H,10-11H2,1H3. The number of benzene rings is 2. The molecule has 1 N–H and O–H groups in total. The van der Waals surface area contributed by atoms with Crippen LogP contribution in [0.25, 0.3) is 0 Å². The van der Waals surface area contributed by atoms with Crippen molar-refractivity contribution in [3.05, 3.63) is 59.2 Å². The number of hydrogen-bond donors (Lipinski definition) is 1. The van der Waals surface area contributed by atoms with E-state index in [0.29, 0.717) is 23.7 Å². The monoisotopic (exact) mass is 269 g/mol. The van der Waals surface area contributed by atoms with Crippen LogP contribution in [0.5, 0.6) is 11.5 Å². The number of aliphatic hydroxyl groups is 1. The average Bonchev–Trinajstić information content (AvgIpc) is 2.53. The normalized spacial score (nSPS) is 9.85. The summed E-state index contributed by atoms with van der Waals surface area (Å²) in [6.45, 7) is 0.328. The highest BCUT2D eigenvalue weighted by molar-refractivity contribution is 5.43. The predicted molar refractivity (Wildman–Crippen MR) is 74.4 cm³/mol. The van der Waals surface area contributed by atoms with E-state index in [1.165, 1.54) is 0 Å². The lowest BCUT2D eigenvalue weighted by molar-refractivity contribution is 0.271. The minimum atomic E-state index is -0.0444. The summed E-state index contributed by atoms with van der Waals surface area (Å²) >= 11 is 0. The molecule has 4 nitrogen and oxygen atoms in total. The molecule has 0 amide bonds. The van der Waals surface area contributed by atoms with Gasteiger partial charge in [0.1, 0.15) is 6.61 Å². The molecule has 0 saturated heterocycles. The molecule has 0 atom stereocenters. The Morgan fingerprint density at radius 1 is 1.05 bits per heavy atom. The second-order valence-corrected chi connectivity index (χ2v) is 4.24. The summed E-state index contributed by atoms with van der Waals surface area (Å²) < 4.78 is 10.9. The van der Waals surface area contributed by atoms with Gasteiger partial charge in [-0.15, -0.1) is 0 Å². The second kappa shape index (κ2) is 6.60. The molecule has 0 saturated carbocycles. The lowest BCUT2D eigenvalue weighted by atomic mass is 10.1. The third kappa shape index (κ3) is 3.28. The van der Waals surface area contributed by atoms with Crippen molar-refractivity contribution in [3.63, 3.8) is 0 Å². The largest absolute Gasteiger partial charge is 0.493 e. The van der Waals surface area contributed by atoms with Crippen molar-refractivity contribution in [2.75, 3.05) is 7.11 Å². The topological polar surface area (TPSA) is 62.5 Å². The van der Waals surface area contributed by atoms with Crippen molar-refractivity contribution in [2.24, 2.45) is 0 Å². The minimum absolute atomic E-state index is 0.0444. The van der Waals surface area contributed by atoms with Gasteiger partial charge in [-0.3, -0.25) is 0 Å². The molecule has 2 rings (SSSR count). The number of rotatable bonds is 5. The zero-order chi connectivity index (χ0) is 14.4. The zero-order valence-electron chi connectivity index (χ0n) is 11.2. The van der Waals surface area contributed by atoms with Gasteiger partial charge in [0, 0.05) is 0 Å². The lowest BCUT2D eigenvalue weighted by Crippen LogP contribution is -1.98. The van der Waals surface area contributed by atoms with E-state index in [9.17, 15) is 0 Å². The number of nitriles is 1. The third-order valence-electron chi connectivity index (χ3n) is 2.89. The SMILES string of the molecule is COc1ccc(CO)cc1OCc1ccc(C#N)cc1. The summed E-state index contributed by atoms with van der Waals surface area (Å²) in [7, 11) is 1.57. The first-order chi connectivity index (χ1) is 9.76. The molecule has 102 valence electrons. The highest BCUT2D eigenvalue weighted by Crippen LogP contribution is 2.28. The van der Waals surface area contributed by atoms with Crippen LogP contribution in [0, 0.1) is 11.3 Å². The maximum absolute atomic E-state index is 9.14. The molecule has 0 aliphatic heterocycles. The van der Waals surface area contributed by atoms with Crippen LogP contribution in [-0.4, -0.2) is 12.2 Å². The molecule has 20 heavy (non-hydrogen) atoms. The first-order valence-electron chi connectivity index (χ1n) is 6.16. The van der Waals surface area contributed by atoms with E-state index in [1.54, 1.807) is 37.4 Å². The van der Waals surface area contributed by atoms with Gasteiger partial charge in [0.2, 0.25) is 0 Å². The molecule has 0 fully saturated rings. The van der Waals surface area contributed by atoms with Gasteiger partial charge in [0.05, 0.1) is 25.3 Å². The molecular weight excluding hydrogens is 254 g/mol. The molecule has 0 radical (unpaired) electrons. The Morgan fingerprint density at radius 2 is 1.75 bits per heavy atom. The lowest BCUT2D eigenvalue weighted by Gasteiger charge is -2.12. The van der Waals surface area contributed by atoms with Gasteiger partial charge in [-0.2, -0.15) is 5.26 Å². The maximum atomic E-state index is 9.14. The maximum Gasteiger partial charge on any atom is 0.162 e. The van der Waals surface area contributed by atoms with Gasteiger partial charge >= 0.3 is 0 Å². The van der Waals surface area contributed by atoms with Crippen LogP contribution in [0.2, 0.25) is 0 Å². The summed E-state index contributed by atoms with van der Waals surface area (Å²) in [5.74, 6) is 1.21. The van der Waals surface area contributed by atoms with Gasteiger partial charge in [0.25, 0.3) is 0 Å². The van der Waals surface area contributed by atoms with Crippen LogP contribution in [0.1, 0.15) is 16.7 Å². The average molecular weight is 269 g/mol. The van der Waals surface area contributed by atoms with Crippen LogP contribution >= 0.6 is 0 Å². The molecular formula is C16H15NO3. The van der Waals surface area contributed by atoms with Gasteiger partial charge < -0.3 is 14.6 Å². The molecule has 2 aromatic rings. The van der Waals surface area contributed by atoms with E-state index in [4.69, 9.17) is 19.8 Å². The fraction of sp³-hybridized carbons (Fsp3) is 0.188. The number of nitrogens with zero attached hydrogens (tertiary/aromatic N) is 1. The van der Waals surface area contributed by atoms with E-state index in [1.807, 2.05) is 12.1 Å². The fourth-order valence-corrected chi connectivity index (χ4v) is 1.77. The summed E-state index contributed by atoms with van der Waals surface area (Å²) in [5, 5.41) is 17.9. The molecule has 0 bridgehead atoms. The van der Waals surface area contributed by atoms with Crippen LogP contribution < -0.4 is 9.47 Å². The molecule has 4 heteroatoms. The molecule has 0 spiro atoms. The van der Waals surface area contributed by atoms with Gasteiger partial charge in [-0.25, -0.2) is 0 Å². The number of ether oxygens (including phenoxy) is 2. The van der Waals surface area contributed by atoms with Crippen molar-refractivity contribution < 1.29 is 14.6 Å². The third-order valence-corrected chi connectivity index (χ3v) is 2.89. The van der Waals surface area contributed by atoms with Crippen molar-refractivity contribution >= 4 is 0 Å². The Bertz CT molecular complexity index is 615. The highest BCUT2D eigenvalue weighted by Gasteiger charge is 2.06. The van der Waals surface area contributed by atoms with Crippen LogP contribution in [0.3, 0.4) is 0 Å². The highest BCUT2D eigenvalue weighted by atomic mass is 16.5. The van der Waals surface area contributed by atoms with Crippen molar-refractivity contribution in [1.82, 2.24) is 0 Å². The molecule has 0 aliphatic rings. The van der Waals surface area contributed by atoms with E-state index in [2.05, 4.69) is 6.07 Å². The molecule has 0 heterocycles. The summed E-state index contributed by atoms with van der Waals surface area (Å²) in [5.41, 5.74) is 2.34. The first kappa shape index (κ1) is 13.9. The van der Waals surface area contributed by atoms with E-state index in [-0.39, 0.29) is 6.61 Å². The predicted octanol–water partition coefficient (Wildman–Crippen LogP) is 2.64. The molecule has 0 aromatic heterocycles.